The van der Waals surface area contributed by atoms with Gasteiger partial charge in [-0.3, -0.25) is 0 Å². The van der Waals surface area contributed by atoms with Crippen molar-refractivity contribution in [3.8, 4) is 33.5 Å². The quantitative estimate of drug-likeness (QED) is 0.231. The lowest BCUT2D eigenvalue weighted by Gasteiger charge is -2.16. The lowest BCUT2D eigenvalue weighted by atomic mass is 9.90. The maximum absolute atomic E-state index is 5.16. The second-order valence-corrected chi connectivity index (χ2v) is 11.4. The maximum atomic E-state index is 5.16. The fourth-order valence-corrected chi connectivity index (χ4v) is 6.53. The van der Waals surface area contributed by atoms with Gasteiger partial charge in [-0.15, -0.1) is 11.3 Å². The third-order valence-electron chi connectivity index (χ3n) is 7.16. The molecule has 0 saturated carbocycles. The number of pyridine rings is 1. The highest BCUT2D eigenvalue weighted by atomic mass is 32.1. The van der Waals surface area contributed by atoms with E-state index in [2.05, 4.69) is 124 Å². The molecule has 0 aliphatic carbocycles. The number of thiophene rings is 1. The van der Waals surface area contributed by atoms with E-state index >= 15 is 0 Å². The largest absolute Gasteiger partial charge is 0.247 e. The minimum Gasteiger partial charge on any atom is -0.247 e. The van der Waals surface area contributed by atoms with Gasteiger partial charge in [0.05, 0.1) is 15.9 Å². The molecule has 0 bridgehead atoms. The smallest absolute Gasteiger partial charge is 0.0823 e. The van der Waals surface area contributed by atoms with E-state index in [0.29, 0.717) is 5.92 Å². The Kier molecular flexibility index (Phi) is 6.14. The summed E-state index contributed by atoms with van der Waals surface area (Å²) in [7, 11) is 0. The molecule has 0 atom stereocenters. The van der Waals surface area contributed by atoms with Crippen molar-refractivity contribution in [1.82, 2.24) is 4.98 Å². The molecule has 0 fully saturated rings. The molecule has 4 aromatic carbocycles. The fraction of sp³-hybridized carbons (Fsp3) is 0.171. The first kappa shape index (κ1) is 23.6. The maximum Gasteiger partial charge on any atom is 0.0823 e. The Hall–Kier alpha value is -3.75. The highest BCUT2D eigenvalue weighted by Gasteiger charge is 2.17. The lowest BCUT2D eigenvalue weighted by Crippen LogP contribution is -1.98. The summed E-state index contributed by atoms with van der Waals surface area (Å²) in [5.41, 5.74) is 12.4. The minimum absolute atomic E-state index is 0.646. The third kappa shape index (κ3) is 4.47. The van der Waals surface area contributed by atoms with Crippen LogP contribution >= 0.6 is 11.3 Å². The molecule has 6 rings (SSSR count). The van der Waals surface area contributed by atoms with Gasteiger partial charge in [-0.25, -0.2) is 4.98 Å². The van der Waals surface area contributed by atoms with Crippen molar-refractivity contribution in [3.63, 3.8) is 0 Å². The van der Waals surface area contributed by atoms with Crippen LogP contribution in [0.15, 0.2) is 96.4 Å². The fourth-order valence-electron chi connectivity index (χ4n) is 5.67. The Balaban J connectivity index is 1.58. The first-order valence-corrected chi connectivity index (χ1v) is 13.9. The molecule has 0 spiro atoms. The molecule has 2 heteroatoms. The average Bonchev–Trinajstić information content (AvgIpc) is 3.37. The molecule has 6 aromatic rings. The summed E-state index contributed by atoms with van der Waals surface area (Å²) >= 11 is 1.79. The van der Waals surface area contributed by atoms with Crippen molar-refractivity contribution in [2.75, 3.05) is 0 Å². The van der Waals surface area contributed by atoms with Gasteiger partial charge in [0.2, 0.25) is 0 Å². The summed E-state index contributed by atoms with van der Waals surface area (Å²) in [6.45, 7) is 9.09. The molecule has 0 N–H and O–H groups in total. The topological polar surface area (TPSA) is 12.9 Å². The predicted molar refractivity (Wildman–Crippen MR) is 161 cm³/mol. The summed E-state index contributed by atoms with van der Waals surface area (Å²) in [6, 6.07) is 33.2. The van der Waals surface area contributed by atoms with Crippen LogP contribution in [-0.4, -0.2) is 4.98 Å². The van der Waals surface area contributed by atoms with Crippen LogP contribution in [0.4, 0.5) is 0 Å². The second kappa shape index (κ2) is 9.61. The predicted octanol–water partition coefficient (Wildman–Crippen LogP) is 10.3. The normalized spacial score (nSPS) is 11.6. The lowest BCUT2D eigenvalue weighted by molar-refractivity contribution is 0.647. The minimum atomic E-state index is 0.646. The molecule has 1 nitrogen and oxygen atoms in total. The zero-order valence-corrected chi connectivity index (χ0v) is 22.7. The molecule has 0 amide bonds. The Morgan fingerprint density at radius 3 is 2.22 bits per heavy atom. The van der Waals surface area contributed by atoms with Crippen LogP contribution in [0.1, 0.15) is 30.5 Å². The Morgan fingerprint density at radius 1 is 0.730 bits per heavy atom. The molecular weight excluding hydrogens is 466 g/mol. The number of nitrogens with zero attached hydrogens (tertiary/aromatic N) is 1. The van der Waals surface area contributed by atoms with Crippen LogP contribution in [0.5, 0.6) is 0 Å². The van der Waals surface area contributed by atoms with Crippen molar-refractivity contribution in [2.24, 2.45) is 5.92 Å². The highest BCUT2D eigenvalue weighted by molar-refractivity contribution is 7.17. The van der Waals surface area contributed by atoms with E-state index in [1.165, 1.54) is 54.4 Å². The highest BCUT2D eigenvalue weighted by Crippen LogP contribution is 2.40. The monoisotopic (exact) mass is 497 g/mol. The number of fused-ring (bicyclic) bond motifs is 2. The van der Waals surface area contributed by atoms with Gasteiger partial charge in [-0.2, -0.15) is 0 Å². The number of hydrogen-bond donors (Lipinski definition) is 0. The van der Waals surface area contributed by atoms with Crippen LogP contribution < -0.4 is 0 Å². The summed E-state index contributed by atoms with van der Waals surface area (Å²) in [5, 5.41) is 4.66. The van der Waals surface area contributed by atoms with Crippen LogP contribution in [0, 0.1) is 19.8 Å². The van der Waals surface area contributed by atoms with Gasteiger partial charge in [-0.1, -0.05) is 80.6 Å². The van der Waals surface area contributed by atoms with E-state index < -0.39 is 0 Å². The molecule has 0 unspecified atom stereocenters. The molecule has 182 valence electrons. The molecule has 2 heterocycles. The number of aromatic nitrogens is 1. The summed E-state index contributed by atoms with van der Waals surface area (Å²) in [6.07, 6.45) is 1.11. The van der Waals surface area contributed by atoms with Gasteiger partial charge in [-0.05, 0) is 100.0 Å². The van der Waals surface area contributed by atoms with Gasteiger partial charge in [0, 0.05) is 11.1 Å². The molecule has 0 radical (unpaired) electrons. The average molecular weight is 498 g/mol. The molecule has 0 saturated heterocycles. The van der Waals surface area contributed by atoms with Crippen LogP contribution in [0.25, 0.3) is 54.5 Å². The van der Waals surface area contributed by atoms with Crippen molar-refractivity contribution >= 4 is 32.3 Å². The Morgan fingerprint density at radius 2 is 1.46 bits per heavy atom. The van der Waals surface area contributed by atoms with E-state index in [1.807, 2.05) is 0 Å². The van der Waals surface area contributed by atoms with Gasteiger partial charge in [0.25, 0.3) is 0 Å². The molecule has 37 heavy (non-hydrogen) atoms. The zero-order chi connectivity index (χ0) is 25.5. The summed E-state index contributed by atoms with van der Waals surface area (Å²) < 4.78 is 1.26. The Bertz CT molecular complexity index is 1720. The van der Waals surface area contributed by atoms with Crippen LogP contribution in [-0.2, 0) is 6.42 Å². The van der Waals surface area contributed by atoms with Crippen LogP contribution in [0.3, 0.4) is 0 Å². The van der Waals surface area contributed by atoms with E-state index in [9.17, 15) is 0 Å². The number of aryl methyl sites for hydroxylation is 2. The third-order valence-corrected chi connectivity index (χ3v) is 8.10. The second-order valence-electron chi connectivity index (χ2n) is 10.5. The first-order chi connectivity index (χ1) is 18.0. The van der Waals surface area contributed by atoms with E-state index in [-0.39, 0.29) is 0 Å². The zero-order valence-electron chi connectivity index (χ0n) is 21.9. The van der Waals surface area contributed by atoms with Gasteiger partial charge >= 0.3 is 0 Å². The Labute approximate surface area is 223 Å². The molecule has 0 aliphatic rings. The number of benzene rings is 4. The van der Waals surface area contributed by atoms with Crippen molar-refractivity contribution in [2.45, 2.75) is 34.1 Å². The van der Waals surface area contributed by atoms with E-state index in [1.54, 1.807) is 11.3 Å². The van der Waals surface area contributed by atoms with E-state index in [0.717, 1.165) is 23.2 Å². The molecular formula is C35H31NS. The number of rotatable bonds is 5. The number of hydrogen-bond acceptors (Lipinski definition) is 2. The SMILES string of the molecule is Cc1cc(CC(C)C)cc(C)c1-c1cc(-c2cc(-c3ccccc3)c3ccccc3c2)nc2ccsc12. The van der Waals surface area contributed by atoms with E-state index in [4.69, 9.17) is 4.98 Å². The standard InChI is InChI=1S/C35H31NS/c1-22(2)16-25-17-23(3)34(24(4)18-25)31-21-33(36-32-14-15-37-35(31)32)28-19-27-12-8-9-13-29(27)30(20-28)26-10-6-5-7-11-26/h5-15,17-22H,16H2,1-4H3. The van der Waals surface area contributed by atoms with Crippen molar-refractivity contribution < 1.29 is 0 Å². The van der Waals surface area contributed by atoms with Gasteiger partial charge in [0.15, 0.2) is 0 Å². The first-order valence-electron chi connectivity index (χ1n) is 13.1. The molecule has 2 aromatic heterocycles. The van der Waals surface area contributed by atoms with Gasteiger partial charge in [0.1, 0.15) is 0 Å². The van der Waals surface area contributed by atoms with Gasteiger partial charge < -0.3 is 0 Å². The van der Waals surface area contributed by atoms with Crippen LogP contribution in [0.2, 0.25) is 0 Å². The summed E-state index contributed by atoms with van der Waals surface area (Å²) in [4.78, 5) is 5.16. The molecule has 0 aliphatic heterocycles. The summed E-state index contributed by atoms with van der Waals surface area (Å²) in [5.74, 6) is 0.646. The van der Waals surface area contributed by atoms with Crippen molar-refractivity contribution in [1.29, 1.82) is 0 Å². The van der Waals surface area contributed by atoms with Crippen molar-refractivity contribution in [3.05, 3.63) is 113 Å².